The van der Waals surface area contributed by atoms with Crippen LogP contribution in [0.3, 0.4) is 0 Å². The Morgan fingerprint density at radius 2 is 2.52 bits per heavy atom. The number of hydrogen-bond donors (Lipinski definition) is 1. The van der Waals surface area contributed by atoms with Crippen LogP contribution < -0.4 is 5.32 Å². The Bertz CT molecular complexity index is 677. The number of thiophene rings is 1. The lowest BCUT2D eigenvalue weighted by molar-refractivity contribution is 0.195. The Morgan fingerprint density at radius 3 is 3.26 bits per heavy atom. The number of carbonyl (C=O) groups excluding carboxylic acids is 1. The highest BCUT2D eigenvalue weighted by atomic mass is 32.1. The maximum Gasteiger partial charge on any atom is 0.318 e. The van der Waals surface area contributed by atoms with E-state index in [1.807, 2.05) is 35.4 Å². The Morgan fingerprint density at radius 1 is 1.65 bits per heavy atom. The maximum atomic E-state index is 12.7. The summed E-state index contributed by atoms with van der Waals surface area (Å²) in [4.78, 5) is 15.7. The fraction of sp³-hybridized carbons (Fsp3) is 0.412. The molecule has 2 aromatic heterocycles. The molecular formula is C17H22N4OS. The van der Waals surface area contributed by atoms with Gasteiger partial charge in [-0.2, -0.15) is 5.10 Å². The predicted octanol–water partition coefficient (Wildman–Crippen LogP) is 3.26. The first-order chi connectivity index (χ1) is 11.2. The number of nitrogens with zero attached hydrogens (tertiary/aromatic N) is 3. The predicted molar refractivity (Wildman–Crippen MR) is 92.3 cm³/mol. The summed E-state index contributed by atoms with van der Waals surface area (Å²) in [6.07, 6.45) is 6.72. The largest absolute Gasteiger partial charge is 0.331 e. The van der Waals surface area contributed by atoms with Gasteiger partial charge < -0.3 is 10.2 Å². The number of fused-ring (bicyclic) bond motifs is 1. The van der Waals surface area contributed by atoms with E-state index in [1.54, 1.807) is 22.3 Å². The summed E-state index contributed by atoms with van der Waals surface area (Å²) in [6.45, 7) is 4.92. The second kappa shape index (κ2) is 7.00. The topological polar surface area (TPSA) is 50.2 Å². The molecule has 3 rings (SSSR count). The molecule has 23 heavy (non-hydrogen) atoms. The van der Waals surface area contributed by atoms with Crippen molar-refractivity contribution < 1.29 is 4.79 Å². The van der Waals surface area contributed by atoms with Crippen LogP contribution in [-0.2, 0) is 20.0 Å². The third kappa shape index (κ3) is 3.47. The molecule has 0 unspecified atom stereocenters. The number of aromatic nitrogens is 2. The second-order valence-corrected chi connectivity index (χ2v) is 6.85. The molecule has 0 fully saturated rings. The molecule has 6 heteroatoms. The summed E-state index contributed by atoms with van der Waals surface area (Å²) in [7, 11) is 1.96. The molecule has 0 aliphatic heterocycles. The SMILES string of the molecule is C=CCN(Cc1cccs1)C(=O)N[C@H]1CCCc2c1cnn2C. The number of carbonyl (C=O) groups is 1. The van der Waals surface area contributed by atoms with Crippen molar-refractivity contribution in [2.75, 3.05) is 6.54 Å². The van der Waals surface area contributed by atoms with E-state index < -0.39 is 0 Å². The van der Waals surface area contributed by atoms with Crippen LogP contribution in [0.1, 0.15) is 35.0 Å². The number of urea groups is 1. The summed E-state index contributed by atoms with van der Waals surface area (Å²) >= 11 is 1.66. The van der Waals surface area contributed by atoms with Gasteiger partial charge in [-0.05, 0) is 30.7 Å². The van der Waals surface area contributed by atoms with Gasteiger partial charge in [0.25, 0.3) is 0 Å². The van der Waals surface area contributed by atoms with Crippen molar-refractivity contribution in [3.63, 3.8) is 0 Å². The minimum absolute atomic E-state index is 0.0417. The minimum atomic E-state index is -0.0417. The quantitative estimate of drug-likeness (QED) is 0.856. The van der Waals surface area contributed by atoms with Crippen LogP contribution in [0, 0.1) is 0 Å². The van der Waals surface area contributed by atoms with Crippen LogP contribution >= 0.6 is 11.3 Å². The molecule has 0 saturated heterocycles. The van der Waals surface area contributed by atoms with Crippen molar-refractivity contribution in [3.05, 3.63) is 52.5 Å². The first-order valence-corrected chi connectivity index (χ1v) is 8.76. The van der Waals surface area contributed by atoms with Gasteiger partial charge in [-0.1, -0.05) is 12.1 Å². The van der Waals surface area contributed by atoms with Gasteiger partial charge in [-0.15, -0.1) is 17.9 Å². The molecule has 2 amide bonds. The van der Waals surface area contributed by atoms with Crippen molar-refractivity contribution >= 4 is 17.4 Å². The van der Waals surface area contributed by atoms with Gasteiger partial charge in [0.15, 0.2) is 0 Å². The lowest BCUT2D eigenvalue weighted by Gasteiger charge is -2.28. The third-order valence-corrected chi connectivity index (χ3v) is 5.10. The molecule has 2 heterocycles. The van der Waals surface area contributed by atoms with Crippen LogP contribution in [-0.4, -0.2) is 27.3 Å². The summed E-state index contributed by atoms with van der Waals surface area (Å²) in [5.41, 5.74) is 2.39. The van der Waals surface area contributed by atoms with E-state index in [0.717, 1.165) is 24.8 Å². The summed E-state index contributed by atoms with van der Waals surface area (Å²) < 4.78 is 1.92. The number of nitrogens with one attached hydrogen (secondary N) is 1. The van der Waals surface area contributed by atoms with Crippen molar-refractivity contribution in [1.82, 2.24) is 20.0 Å². The highest BCUT2D eigenvalue weighted by Crippen LogP contribution is 2.29. The molecule has 0 spiro atoms. The minimum Gasteiger partial charge on any atom is -0.331 e. The van der Waals surface area contributed by atoms with E-state index in [-0.39, 0.29) is 12.1 Å². The first kappa shape index (κ1) is 15.8. The highest BCUT2D eigenvalue weighted by molar-refractivity contribution is 7.09. The van der Waals surface area contributed by atoms with Gasteiger partial charge in [0.2, 0.25) is 0 Å². The summed E-state index contributed by atoms with van der Waals surface area (Å²) in [6, 6.07) is 4.07. The van der Waals surface area contributed by atoms with Gasteiger partial charge in [0.1, 0.15) is 0 Å². The Balaban J connectivity index is 1.70. The normalized spacial score (nSPS) is 16.7. The molecule has 5 nitrogen and oxygen atoms in total. The number of amides is 2. The van der Waals surface area contributed by atoms with Gasteiger partial charge in [-0.3, -0.25) is 4.68 Å². The van der Waals surface area contributed by atoms with E-state index in [1.165, 1.54) is 10.6 Å². The standard InChI is InChI=1S/C17H22N4OS/c1-3-9-21(12-13-6-5-10-23-13)17(22)19-15-7-4-8-16-14(15)11-18-20(16)2/h3,5-6,10-11,15H,1,4,7-9,12H2,2H3,(H,19,22)/t15-/m0/s1. The van der Waals surface area contributed by atoms with E-state index >= 15 is 0 Å². The zero-order valence-corrected chi connectivity index (χ0v) is 14.2. The molecule has 1 atom stereocenters. The maximum absolute atomic E-state index is 12.7. The average Bonchev–Trinajstić information content (AvgIpc) is 3.18. The summed E-state index contributed by atoms with van der Waals surface area (Å²) in [5, 5.41) is 9.54. The lowest BCUT2D eigenvalue weighted by Crippen LogP contribution is -2.42. The zero-order valence-electron chi connectivity index (χ0n) is 13.4. The Hall–Kier alpha value is -2.08. The van der Waals surface area contributed by atoms with Crippen molar-refractivity contribution in [1.29, 1.82) is 0 Å². The van der Waals surface area contributed by atoms with E-state index in [9.17, 15) is 4.79 Å². The molecule has 0 saturated carbocycles. The van der Waals surface area contributed by atoms with Crippen molar-refractivity contribution in [2.24, 2.45) is 7.05 Å². The molecule has 0 bridgehead atoms. The fourth-order valence-corrected chi connectivity index (χ4v) is 3.78. The Labute approximate surface area is 140 Å². The first-order valence-electron chi connectivity index (χ1n) is 7.88. The van der Waals surface area contributed by atoms with Crippen molar-refractivity contribution in [3.8, 4) is 0 Å². The molecule has 0 radical (unpaired) electrons. The molecule has 122 valence electrons. The van der Waals surface area contributed by atoms with Gasteiger partial charge >= 0.3 is 6.03 Å². The molecule has 0 aromatic carbocycles. The van der Waals surface area contributed by atoms with Crippen LogP contribution in [0.4, 0.5) is 4.79 Å². The highest BCUT2D eigenvalue weighted by Gasteiger charge is 2.26. The summed E-state index contributed by atoms with van der Waals surface area (Å²) in [5.74, 6) is 0. The Kier molecular flexibility index (Phi) is 4.81. The fourth-order valence-electron chi connectivity index (χ4n) is 3.06. The van der Waals surface area contributed by atoms with E-state index in [4.69, 9.17) is 0 Å². The van der Waals surface area contributed by atoms with Gasteiger partial charge in [0, 0.05) is 29.7 Å². The number of rotatable bonds is 5. The molecule has 1 aliphatic carbocycles. The smallest absolute Gasteiger partial charge is 0.318 e. The monoisotopic (exact) mass is 330 g/mol. The molecule has 2 aromatic rings. The number of hydrogen-bond acceptors (Lipinski definition) is 3. The molecular weight excluding hydrogens is 308 g/mol. The second-order valence-electron chi connectivity index (χ2n) is 5.81. The zero-order chi connectivity index (χ0) is 16.2. The van der Waals surface area contributed by atoms with E-state index in [2.05, 4.69) is 17.0 Å². The van der Waals surface area contributed by atoms with Crippen LogP contribution in [0.25, 0.3) is 0 Å². The average molecular weight is 330 g/mol. The van der Waals surface area contributed by atoms with Crippen LogP contribution in [0.2, 0.25) is 0 Å². The lowest BCUT2D eigenvalue weighted by atomic mass is 9.93. The molecule has 1 N–H and O–H groups in total. The van der Waals surface area contributed by atoms with Gasteiger partial charge in [-0.25, -0.2) is 4.79 Å². The van der Waals surface area contributed by atoms with Crippen LogP contribution in [0.15, 0.2) is 36.4 Å². The van der Waals surface area contributed by atoms with Crippen LogP contribution in [0.5, 0.6) is 0 Å². The van der Waals surface area contributed by atoms with E-state index in [0.29, 0.717) is 13.1 Å². The van der Waals surface area contributed by atoms with Crippen molar-refractivity contribution in [2.45, 2.75) is 31.8 Å². The number of aryl methyl sites for hydroxylation is 1. The third-order valence-electron chi connectivity index (χ3n) is 4.24. The van der Waals surface area contributed by atoms with Gasteiger partial charge in [0.05, 0.1) is 18.8 Å². The molecule has 1 aliphatic rings.